The number of fused-ring (bicyclic) bond motifs is 1. The smallest absolute Gasteiger partial charge is 0.291 e. The summed E-state index contributed by atoms with van der Waals surface area (Å²) in [5.41, 5.74) is 2.33. The largest absolute Gasteiger partial charge is 0.438 e. The second kappa shape index (κ2) is 5.83. The quantitative estimate of drug-likeness (QED) is 0.746. The summed E-state index contributed by atoms with van der Waals surface area (Å²) in [5.74, 6) is 0.720. The predicted octanol–water partition coefficient (Wildman–Crippen LogP) is 2.93. The Morgan fingerprint density at radius 3 is 3.13 bits per heavy atom. The molecule has 1 fully saturated rings. The van der Waals surface area contributed by atoms with Gasteiger partial charge in [-0.15, -0.1) is 0 Å². The third-order valence-corrected chi connectivity index (χ3v) is 4.46. The van der Waals surface area contributed by atoms with Gasteiger partial charge in [0.05, 0.1) is 11.7 Å². The Hall–Kier alpha value is -2.69. The molecule has 116 valence electrons. The number of pyridine rings is 1. The van der Waals surface area contributed by atoms with Gasteiger partial charge in [0.2, 0.25) is 5.76 Å². The first kappa shape index (κ1) is 13.9. The first-order chi connectivity index (χ1) is 11.3. The molecule has 1 aromatic carbocycles. The fraction of sp³-hybridized carbons (Fsp3) is 0.278. The Labute approximate surface area is 134 Å². The molecule has 3 heterocycles. The van der Waals surface area contributed by atoms with Gasteiger partial charge in [-0.25, -0.2) is 4.98 Å². The first-order valence-corrected chi connectivity index (χ1v) is 7.81. The van der Waals surface area contributed by atoms with Crippen molar-refractivity contribution >= 4 is 16.8 Å². The molecule has 0 aliphatic carbocycles. The van der Waals surface area contributed by atoms with Crippen LogP contribution in [0.2, 0.25) is 0 Å². The molecule has 5 heteroatoms. The van der Waals surface area contributed by atoms with E-state index in [1.807, 2.05) is 23.2 Å². The van der Waals surface area contributed by atoms with Crippen LogP contribution >= 0.6 is 0 Å². The summed E-state index contributed by atoms with van der Waals surface area (Å²) < 4.78 is 5.11. The molecule has 5 nitrogen and oxygen atoms in total. The van der Waals surface area contributed by atoms with E-state index in [-0.39, 0.29) is 5.91 Å². The van der Waals surface area contributed by atoms with Crippen LogP contribution in [0, 0.1) is 5.92 Å². The molecule has 1 unspecified atom stereocenters. The van der Waals surface area contributed by atoms with Crippen molar-refractivity contribution < 1.29 is 9.21 Å². The monoisotopic (exact) mass is 307 g/mol. The highest BCUT2D eigenvalue weighted by atomic mass is 16.3. The average molecular weight is 307 g/mol. The topological polar surface area (TPSA) is 59.2 Å². The number of oxazole rings is 1. The fourth-order valence-corrected chi connectivity index (χ4v) is 3.32. The number of nitrogens with zero attached hydrogens (tertiary/aromatic N) is 3. The molecule has 0 radical (unpaired) electrons. The number of benzene rings is 1. The van der Waals surface area contributed by atoms with Crippen molar-refractivity contribution in [1.29, 1.82) is 0 Å². The van der Waals surface area contributed by atoms with Gasteiger partial charge in [-0.2, -0.15) is 0 Å². The summed E-state index contributed by atoms with van der Waals surface area (Å²) >= 11 is 0. The normalized spacial score (nSPS) is 17.7. The highest BCUT2D eigenvalue weighted by molar-refractivity contribution is 5.91. The molecule has 1 aliphatic rings. The van der Waals surface area contributed by atoms with Crippen molar-refractivity contribution in [2.24, 2.45) is 5.92 Å². The van der Waals surface area contributed by atoms with E-state index in [0.29, 0.717) is 11.7 Å². The summed E-state index contributed by atoms with van der Waals surface area (Å²) in [7, 11) is 0. The second-order valence-electron chi connectivity index (χ2n) is 5.96. The van der Waals surface area contributed by atoms with Gasteiger partial charge in [0.25, 0.3) is 5.91 Å². The van der Waals surface area contributed by atoms with Crippen LogP contribution in [0.25, 0.3) is 10.9 Å². The van der Waals surface area contributed by atoms with Crippen molar-refractivity contribution in [3.05, 3.63) is 60.4 Å². The predicted molar refractivity (Wildman–Crippen MR) is 86.0 cm³/mol. The Morgan fingerprint density at radius 2 is 2.26 bits per heavy atom. The van der Waals surface area contributed by atoms with Crippen LogP contribution in [0.3, 0.4) is 0 Å². The fourth-order valence-electron chi connectivity index (χ4n) is 3.32. The van der Waals surface area contributed by atoms with Crippen LogP contribution in [0.15, 0.2) is 53.5 Å². The van der Waals surface area contributed by atoms with Crippen LogP contribution in [0.1, 0.15) is 22.5 Å². The van der Waals surface area contributed by atoms with Gasteiger partial charge in [-0.3, -0.25) is 9.78 Å². The maximum atomic E-state index is 12.3. The van der Waals surface area contributed by atoms with E-state index in [2.05, 4.69) is 28.2 Å². The molecular weight excluding hydrogens is 290 g/mol. The van der Waals surface area contributed by atoms with Crippen molar-refractivity contribution in [1.82, 2.24) is 14.9 Å². The Morgan fingerprint density at radius 1 is 1.30 bits per heavy atom. The van der Waals surface area contributed by atoms with Gasteiger partial charge < -0.3 is 9.32 Å². The van der Waals surface area contributed by atoms with Crippen LogP contribution in [-0.4, -0.2) is 33.9 Å². The number of carbonyl (C=O) groups excluding carboxylic acids is 1. The SMILES string of the molecule is O=C(c1cnco1)N1CCC(Cc2cccc3ncccc23)C1. The van der Waals surface area contributed by atoms with Crippen LogP contribution in [0.4, 0.5) is 0 Å². The lowest BCUT2D eigenvalue weighted by Crippen LogP contribution is -2.28. The third kappa shape index (κ3) is 2.70. The lowest BCUT2D eigenvalue weighted by atomic mass is 9.96. The zero-order valence-corrected chi connectivity index (χ0v) is 12.7. The molecule has 1 amide bonds. The molecule has 1 atom stereocenters. The van der Waals surface area contributed by atoms with E-state index in [9.17, 15) is 4.79 Å². The summed E-state index contributed by atoms with van der Waals surface area (Å²) in [6.07, 6.45) is 6.56. The van der Waals surface area contributed by atoms with E-state index in [4.69, 9.17) is 4.42 Å². The second-order valence-corrected chi connectivity index (χ2v) is 5.96. The number of carbonyl (C=O) groups is 1. The minimum atomic E-state index is -0.0652. The molecule has 3 aromatic rings. The number of likely N-dealkylation sites (tertiary alicyclic amines) is 1. The minimum absolute atomic E-state index is 0.0652. The number of hydrogen-bond acceptors (Lipinski definition) is 4. The molecule has 0 N–H and O–H groups in total. The summed E-state index contributed by atoms with van der Waals surface area (Å²) in [4.78, 5) is 22.4. The number of rotatable bonds is 3. The van der Waals surface area contributed by atoms with Gasteiger partial charge in [0, 0.05) is 24.7 Å². The van der Waals surface area contributed by atoms with E-state index in [1.165, 1.54) is 23.5 Å². The first-order valence-electron chi connectivity index (χ1n) is 7.81. The zero-order chi connectivity index (χ0) is 15.6. The summed E-state index contributed by atoms with van der Waals surface area (Å²) in [6.45, 7) is 1.53. The van der Waals surface area contributed by atoms with Crippen molar-refractivity contribution in [2.75, 3.05) is 13.1 Å². The lowest BCUT2D eigenvalue weighted by molar-refractivity contribution is 0.0755. The van der Waals surface area contributed by atoms with Gasteiger partial charge in [0.15, 0.2) is 6.39 Å². The molecule has 23 heavy (non-hydrogen) atoms. The van der Waals surface area contributed by atoms with Crippen LogP contribution in [0.5, 0.6) is 0 Å². The van der Waals surface area contributed by atoms with Gasteiger partial charge in [-0.05, 0) is 36.5 Å². The summed E-state index contributed by atoms with van der Waals surface area (Å²) in [5, 5.41) is 1.20. The third-order valence-electron chi connectivity index (χ3n) is 4.46. The van der Waals surface area contributed by atoms with E-state index < -0.39 is 0 Å². The van der Waals surface area contributed by atoms with Gasteiger partial charge in [0.1, 0.15) is 0 Å². The number of amides is 1. The van der Waals surface area contributed by atoms with Crippen molar-refractivity contribution in [2.45, 2.75) is 12.8 Å². The molecule has 4 rings (SSSR count). The molecular formula is C18H17N3O2. The maximum absolute atomic E-state index is 12.3. The average Bonchev–Trinajstić information content (AvgIpc) is 3.27. The molecule has 1 aliphatic heterocycles. The van der Waals surface area contributed by atoms with Crippen LogP contribution in [-0.2, 0) is 6.42 Å². The highest BCUT2D eigenvalue weighted by Gasteiger charge is 2.28. The molecule has 1 saturated heterocycles. The molecule has 2 aromatic heterocycles. The van der Waals surface area contributed by atoms with Crippen molar-refractivity contribution in [3.8, 4) is 0 Å². The van der Waals surface area contributed by atoms with Crippen LogP contribution < -0.4 is 0 Å². The van der Waals surface area contributed by atoms with Gasteiger partial charge >= 0.3 is 0 Å². The lowest BCUT2D eigenvalue weighted by Gasteiger charge is -2.15. The summed E-state index contributed by atoms with van der Waals surface area (Å²) in [6, 6.07) is 10.3. The molecule has 0 saturated carbocycles. The Kier molecular flexibility index (Phi) is 3.54. The number of aromatic nitrogens is 2. The van der Waals surface area contributed by atoms with E-state index in [1.54, 1.807) is 0 Å². The number of hydrogen-bond donors (Lipinski definition) is 0. The maximum Gasteiger partial charge on any atom is 0.291 e. The van der Waals surface area contributed by atoms with E-state index in [0.717, 1.165) is 31.4 Å². The highest BCUT2D eigenvalue weighted by Crippen LogP contribution is 2.25. The minimum Gasteiger partial charge on any atom is -0.438 e. The molecule has 0 spiro atoms. The van der Waals surface area contributed by atoms with Crippen molar-refractivity contribution in [3.63, 3.8) is 0 Å². The standard InChI is InChI=1S/C18H17N3O2/c22-18(17-10-19-12-23-17)21-8-6-13(11-21)9-14-3-1-5-16-15(14)4-2-7-20-16/h1-5,7,10,12-13H,6,8-9,11H2. The Bertz CT molecular complexity index is 824. The zero-order valence-electron chi connectivity index (χ0n) is 12.7. The van der Waals surface area contributed by atoms with Gasteiger partial charge in [-0.1, -0.05) is 18.2 Å². The Balaban J connectivity index is 1.49. The molecule has 0 bridgehead atoms. The van der Waals surface area contributed by atoms with E-state index >= 15 is 0 Å².